The molecule has 2 amide bonds. The SMILES string of the molecule is COc1cc(N)ccc1N(C(C)=O)C(=O)c1ccccc1. The summed E-state index contributed by atoms with van der Waals surface area (Å²) in [6.45, 7) is 1.33. The van der Waals surface area contributed by atoms with Gasteiger partial charge in [0.1, 0.15) is 5.75 Å². The number of anilines is 2. The molecule has 5 nitrogen and oxygen atoms in total. The van der Waals surface area contributed by atoms with Crippen LogP contribution in [0.15, 0.2) is 48.5 Å². The Balaban J connectivity index is 2.50. The number of rotatable bonds is 3. The summed E-state index contributed by atoms with van der Waals surface area (Å²) >= 11 is 0. The number of ether oxygens (including phenoxy) is 1. The van der Waals surface area contributed by atoms with Gasteiger partial charge in [0.05, 0.1) is 12.8 Å². The summed E-state index contributed by atoms with van der Waals surface area (Å²) in [6.07, 6.45) is 0. The fraction of sp³-hybridized carbons (Fsp3) is 0.125. The number of amides is 2. The summed E-state index contributed by atoms with van der Waals surface area (Å²) in [5, 5.41) is 0. The second-order valence-corrected chi connectivity index (χ2v) is 4.46. The molecule has 2 rings (SSSR count). The Morgan fingerprint density at radius 2 is 1.76 bits per heavy atom. The number of nitrogens with zero attached hydrogens (tertiary/aromatic N) is 1. The maximum atomic E-state index is 12.6. The predicted octanol–water partition coefficient (Wildman–Crippen LogP) is 2.47. The van der Waals surface area contributed by atoms with E-state index in [1.807, 2.05) is 0 Å². The smallest absolute Gasteiger partial charge is 0.265 e. The van der Waals surface area contributed by atoms with E-state index in [9.17, 15) is 9.59 Å². The van der Waals surface area contributed by atoms with E-state index >= 15 is 0 Å². The van der Waals surface area contributed by atoms with Gasteiger partial charge in [-0.25, -0.2) is 4.90 Å². The Bertz CT molecular complexity index is 668. The van der Waals surface area contributed by atoms with Crippen LogP contribution in [0.4, 0.5) is 11.4 Å². The molecule has 2 N–H and O–H groups in total. The summed E-state index contributed by atoms with van der Waals surface area (Å²) in [5.41, 5.74) is 6.98. The first-order chi connectivity index (χ1) is 10.0. The molecular formula is C16H16N2O3. The van der Waals surface area contributed by atoms with Crippen molar-refractivity contribution in [3.05, 3.63) is 54.1 Å². The topological polar surface area (TPSA) is 72.6 Å². The number of hydrogen-bond acceptors (Lipinski definition) is 4. The van der Waals surface area contributed by atoms with Crippen molar-refractivity contribution in [1.29, 1.82) is 0 Å². The van der Waals surface area contributed by atoms with E-state index in [2.05, 4.69) is 0 Å². The molecule has 0 spiro atoms. The number of hydrogen-bond donors (Lipinski definition) is 1. The van der Waals surface area contributed by atoms with Gasteiger partial charge in [0.15, 0.2) is 0 Å². The third kappa shape index (κ3) is 3.02. The largest absolute Gasteiger partial charge is 0.494 e. The van der Waals surface area contributed by atoms with Gasteiger partial charge in [0.2, 0.25) is 5.91 Å². The monoisotopic (exact) mass is 284 g/mol. The van der Waals surface area contributed by atoms with Crippen molar-refractivity contribution in [2.24, 2.45) is 0 Å². The van der Waals surface area contributed by atoms with Gasteiger partial charge in [-0.1, -0.05) is 18.2 Å². The van der Waals surface area contributed by atoms with E-state index in [0.717, 1.165) is 4.90 Å². The summed E-state index contributed by atoms with van der Waals surface area (Å²) in [4.78, 5) is 25.6. The van der Waals surface area contributed by atoms with E-state index in [1.54, 1.807) is 48.5 Å². The standard InChI is InChI=1S/C16H16N2O3/c1-11(19)18(16(20)12-6-4-3-5-7-12)14-9-8-13(17)10-15(14)21-2/h3-10H,17H2,1-2H3. The quantitative estimate of drug-likeness (QED) is 0.879. The molecule has 0 aliphatic carbocycles. The maximum Gasteiger partial charge on any atom is 0.265 e. The summed E-state index contributed by atoms with van der Waals surface area (Å²) in [5.74, 6) is -0.437. The fourth-order valence-electron chi connectivity index (χ4n) is 2.01. The number of benzene rings is 2. The van der Waals surface area contributed by atoms with Gasteiger partial charge in [0.25, 0.3) is 5.91 Å². The Labute approximate surface area is 122 Å². The molecule has 0 fully saturated rings. The zero-order valence-corrected chi connectivity index (χ0v) is 11.9. The lowest BCUT2D eigenvalue weighted by Crippen LogP contribution is -2.35. The normalized spacial score (nSPS) is 10.0. The molecule has 2 aromatic carbocycles. The van der Waals surface area contributed by atoms with Crippen LogP contribution < -0.4 is 15.4 Å². The highest BCUT2D eigenvalue weighted by molar-refractivity contribution is 6.21. The Morgan fingerprint density at radius 3 is 2.33 bits per heavy atom. The lowest BCUT2D eigenvalue weighted by Gasteiger charge is -2.21. The number of carbonyl (C=O) groups is 2. The molecule has 0 saturated heterocycles. The molecule has 0 aliphatic heterocycles. The number of nitrogens with two attached hydrogens (primary N) is 1. The van der Waals surface area contributed by atoms with E-state index in [4.69, 9.17) is 10.5 Å². The van der Waals surface area contributed by atoms with Gasteiger partial charge >= 0.3 is 0 Å². The first-order valence-electron chi connectivity index (χ1n) is 6.38. The van der Waals surface area contributed by atoms with Crippen LogP contribution in [0.2, 0.25) is 0 Å². The molecule has 2 aromatic rings. The third-order valence-corrected chi connectivity index (χ3v) is 2.98. The van der Waals surface area contributed by atoms with E-state index in [1.165, 1.54) is 14.0 Å². The van der Waals surface area contributed by atoms with Crippen LogP contribution in [0.5, 0.6) is 5.75 Å². The summed E-state index contributed by atoms with van der Waals surface area (Å²) in [7, 11) is 1.46. The van der Waals surface area contributed by atoms with Gasteiger partial charge in [0, 0.05) is 24.2 Å². The maximum absolute atomic E-state index is 12.6. The summed E-state index contributed by atoms with van der Waals surface area (Å²) in [6, 6.07) is 13.4. The lowest BCUT2D eigenvalue weighted by atomic mass is 10.1. The van der Waals surface area contributed by atoms with Gasteiger partial charge < -0.3 is 10.5 Å². The average molecular weight is 284 g/mol. The first kappa shape index (κ1) is 14.6. The zero-order valence-electron chi connectivity index (χ0n) is 11.9. The van der Waals surface area contributed by atoms with Crippen molar-refractivity contribution in [2.75, 3.05) is 17.7 Å². The lowest BCUT2D eigenvalue weighted by molar-refractivity contribution is -0.116. The van der Waals surface area contributed by atoms with Crippen LogP contribution in [0.25, 0.3) is 0 Å². The van der Waals surface area contributed by atoms with Crippen LogP contribution in [-0.2, 0) is 4.79 Å². The minimum atomic E-state index is -0.411. The average Bonchev–Trinajstić information content (AvgIpc) is 2.49. The van der Waals surface area contributed by atoms with Crippen LogP contribution in [-0.4, -0.2) is 18.9 Å². The Kier molecular flexibility index (Phi) is 4.23. The highest BCUT2D eigenvalue weighted by atomic mass is 16.5. The molecule has 0 unspecified atom stereocenters. The molecular weight excluding hydrogens is 268 g/mol. The molecule has 0 heterocycles. The Hall–Kier alpha value is -2.82. The van der Waals surface area contributed by atoms with Crippen LogP contribution in [0, 0.1) is 0 Å². The van der Waals surface area contributed by atoms with Gasteiger partial charge in [-0.2, -0.15) is 0 Å². The van der Waals surface area contributed by atoms with Crippen LogP contribution >= 0.6 is 0 Å². The van der Waals surface area contributed by atoms with Crippen molar-refractivity contribution in [2.45, 2.75) is 6.92 Å². The second-order valence-electron chi connectivity index (χ2n) is 4.46. The molecule has 0 atom stereocenters. The van der Waals surface area contributed by atoms with E-state index < -0.39 is 11.8 Å². The van der Waals surface area contributed by atoms with Gasteiger partial charge in [-0.15, -0.1) is 0 Å². The Morgan fingerprint density at radius 1 is 1.10 bits per heavy atom. The predicted molar refractivity (Wildman–Crippen MR) is 81.3 cm³/mol. The van der Waals surface area contributed by atoms with Gasteiger partial charge in [-0.3, -0.25) is 9.59 Å². The number of methoxy groups -OCH3 is 1. The number of nitrogen functional groups attached to an aromatic ring is 1. The van der Waals surface area contributed by atoms with E-state index in [0.29, 0.717) is 22.7 Å². The van der Waals surface area contributed by atoms with Crippen molar-refractivity contribution in [3.8, 4) is 5.75 Å². The minimum Gasteiger partial charge on any atom is -0.494 e. The number of carbonyl (C=O) groups excluding carboxylic acids is 2. The molecule has 21 heavy (non-hydrogen) atoms. The van der Waals surface area contributed by atoms with E-state index in [-0.39, 0.29) is 0 Å². The molecule has 0 radical (unpaired) electrons. The van der Waals surface area contributed by atoms with Crippen molar-refractivity contribution >= 4 is 23.2 Å². The highest BCUT2D eigenvalue weighted by Gasteiger charge is 2.24. The molecule has 0 saturated carbocycles. The van der Waals surface area contributed by atoms with Crippen molar-refractivity contribution in [3.63, 3.8) is 0 Å². The molecule has 0 aliphatic rings. The van der Waals surface area contributed by atoms with Crippen LogP contribution in [0.1, 0.15) is 17.3 Å². The van der Waals surface area contributed by atoms with Crippen molar-refractivity contribution in [1.82, 2.24) is 0 Å². The third-order valence-electron chi connectivity index (χ3n) is 2.98. The molecule has 0 bridgehead atoms. The zero-order chi connectivity index (χ0) is 15.4. The second kappa shape index (κ2) is 6.09. The minimum absolute atomic E-state index is 0.369. The molecule has 0 aromatic heterocycles. The highest BCUT2D eigenvalue weighted by Crippen LogP contribution is 2.31. The van der Waals surface area contributed by atoms with Crippen LogP contribution in [0.3, 0.4) is 0 Å². The van der Waals surface area contributed by atoms with Crippen molar-refractivity contribution < 1.29 is 14.3 Å². The number of imide groups is 1. The fourth-order valence-corrected chi connectivity index (χ4v) is 2.01. The molecule has 108 valence electrons. The molecule has 5 heteroatoms. The first-order valence-corrected chi connectivity index (χ1v) is 6.38. The summed E-state index contributed by atoms with van der Waals surface area (Å²) < 4.78 is 5.22. The van der Waals surface area contributed by atoms with Gasteiger partial charge in [-0.05, 0) is 24.3 Å².